The Morgan fingerprint density at radius 2 is 1.92 bits per heavy atom. The second kappa shape index (κ2) is 7.58. The summed E-state index contributed by atoms with van der Waals surface area (Å²) in [5, 5.41) is 3.27. The van der Waals surface area contributed by atoms with E-state index in [1.54, 1.807) is 7.11 Å². The van der Waals surface area contributed by atoms with Crippen molar-refractivity contribution in [3.63, 3.8) is 0 Å². The van der Waals surface area contributed by atoms with Crippen LogP contribution in [0, 0.1) is 0 Å². The molecule has 0 bridgehead atoms. The van der Waals surface area contributed by atoms with Crippen LogP contribution in [0.2, 0.25) is 0 Å². The Bertz CT molecular complexity index is 794. The summed E-state index contributed by atoms with van der Waals surface area (Å²) in [6.07, 6.45) is 5.66. The molecule has 3 heterocycles. The third kappa shape index (κ3) is 3.51. The lowest BCUT2D eigenvalue weighted by atomic mass is 9.96. The highest BCUT2D eigenvalue weighted by atomic mass is 16.5. The fraction of sp³-hybridized carbons (Fsp3) is 0.550. The maximum absolute atomic E-state index is 12.5. The molecule has 6 nitrogen and oxygen atoms in total. The highest BCUT2D eigenvalue weighted by Crippen LogP contribution is 2.27. The maximum atomic E-state index is 12.5. The number of benzene rings is 1. The third-order valence-corrected chi connectivity index (χ3v) is 5.57. The van der Waals surface area contributed by atoms with Crippen molar-refractivity contribution in [3.8, 4) is 5.88 Å². The number of hydrogen-bond acceptors (Lipinski definition) is 5. The first-order valence-electron chi connectivity index (χ1n) is 9.57. The minimum absolute atomic E-state index is 0.0979. The van der Waals surface area contributed by atoms with Crippen LogP contribution in [0.5, 0.6) is 5.88 Å². The molecule has 2 aromatic rings. The quantitative estimate of drug-likeness (QED) is 0.892. The monoisotopic (exact) mass is 354 g/mol. The van der Waals surface area contributed by atoms with Gasteiger partial charge in [0.05, 0.1) is 18.1 Å². The van der Waals surface area contributed by atoms with Crippen LogP contribution in [-0.4, -0.2) is 53.1 Å². The number of rotatable bonds is 5. The summed E-state index contributed by atoms with van der Waals surface area (Å²) in [7, 11) is 1.60. The summed E-state index contributed by atoms with van der Waals surface area (Å²) < 4.78 is 5.38. The summed E-state index contributed by atoms with van der Waals surface area (Å²) in [5.41, 5.74) is 2.38. The molecular formula is C20H26N4O2. The van der Waals surface area contributed by atoms with Crippen LogP contribution in [0.25, 0.3) is 11.0 Å². The van der Waals surface area contributed by atoms with Crippen molar-refractivity contribution in [1.82, 2.24) is 20.2 Å². The molecule has 1 N–H and O–H groups in total. The third-order valence-electron chi connectivity index (χ3n) is 5.57. The Balaban J connectivity index is 1.40. The molecule has 0 saturated carbocycles. The average molecular weight is 354 g/mol. The topological polar surface area (TPSA) is 67.3 Å². The highest BCUT2D eigenvalue weighted by Gasteiger charge is 2.35. The van der Waals surface area contributed by atoms with Gasteiger partial charge in [-0.1, -0.05) is 12.1 Å². The Kier molecular flexibility index (Phi) is 5.02. The number of carbonyl (C=O) groups is 1. The van der Waals surface area contributed by atoms with Crippen molar-refractivity contribution in [2.24, 2.45) is 0 Å². The number of carbonyl (C=O) groups excluding carboxylic acids is 1. The van der Waals surface area contributed by atoms with Crippen molar-refractivity contribution in [3.05, 3.63) is 30.0 Å². The number of aromatic nitrogens is 2. The predicted octanol–water partition coefficient (Wildman–Crippen LogP) is 2.31. The zero-order chi connectivity index (χ0) is 17.9. The Labute approximate surface area is 154 Å². The van der Waals surface area contributed by atoms with Crippen molar-refractivity contribution < 1.29 is 9.53 Å². The number of para-hydroxylation sites is 2. The van der Waals surface area contributed by atoms with E-state index < -0.39 is 0 Å². The zero-order valence-electron chi connectivity index (χ0n) is 15.3. The minimum Gasteiger partial charge on any atom is -0.480 e. The van der Waals surface area contributed by atoms with Gasteiger partial charge in [0.2, 0.25) is 11.8 Å². The van der Waals surface area contributed by atoms with E-state index in [2.05, 4.69) is 20.2 Å². The van der Waals surface area contributed by atoms with Gasteiger partial charge >= 0.3 is 0 Å². The lowest BCUT2D eigenvalue weighted by Crippen LogP contribution is -2.52. The molecule has 4 rings (SSSR count). The Morgan fingerprint density at radius 1 is 1.19 bits per heavy atom. The maximum Gasteiger partial charge on any atom is 0.235 e. The van der Waals surface area contributed by atoms with Crippen molar-refractivity contribution in [2.45, 2.75) is 50.6 Å². The zero-order valence-corrected chi connectivity index (χ0v) is 15.3. The minimum atomic E-state index is 0.0979. The van der Waals surface area contributed by atoms with E-state index in [0.29, 0.717) is 30.8 Å². The van der Waals surface area contributed by atoms with Gasteiger partial charge in [-0.3, -0.25) is 9.69 Å². The molecule has 0 radical (unpaired) electrons. The van der Waals surface area contributed by atoms with Gasteiger partial charge in [-0.2, -0.15) is 0 Å². The van der Waals surface area contributed by atoms with Crippen molar-refractivity contribution in [1.29, 1.82) is 0 Å². The van der Waals surface area contributed by atoms with Crippen LogP contribution < -0.4 is 10.1 Å². The summed E-state index contributed by atoms with van der Waals surface area (Å²) in [6, 6.07) is 8.54. The summed E-state index contributed by atoms with van der Waals surface area (Å²) >= 11 is 0. The fourth-order valence-corrected chi connectivity index (χ4v) is 4.32. The van der Waals surface area contributed by atoms with Gasteiger partial charge in [-0.25, -0.2) is 9.97 Å². The molecule has 1 amide bonds. The number of methoxy groups -OCH3 is 1. The second-order valence-corrected chi connectivity index (χ2v) is 7.23. The molecule has 2 saturated heterocycles. The van der Waals surface area contributed by atoms with Crippen molar-refractivity contribution >= 4 is 16.9 Å². The largest absolute Gasteiger partial charge is 0.480 e. The number of fused-ring (bicyclic) bond motifs is 2. The second-order valence-electron chi connectivity index (χ2n) is 7.23. The van der Waals surface area contributed by atoms with E-state index in [9.17, 15) is 4.79 Å². The van der Waals surface area contributed by atoms with Gasteiger partial charge in [0.25, 0.3) is 0 Å². The van der Waals surface area contributed by atoms with E-state index in [-0.39, 0.29) is 5.91 Å². The number of ether oxygens (including phenoxy) is 1. The average Bonchev–Trinajstić information content (AvgIpc) is 3.15. The number of nitrogens with zero attached hydrogens (tertiary/aromatic N) is 3. The summed E-state index contributed by atoms with van der Waals surface area (Å²) in [5.74, 6) is 0.608. The van der Waals surface area contributed by atoms with E-state index in [4.69, 9.17) is 4.74 Å². The molecule has 138 valence electrons. The first-order chi connectivity index (χ1) is 12.7. The molecule has 0 unspecified atom stereocenters. The molecule has 0 aliphatic carbocycles. The Morgan fingerprint density at radius 3 is 2.69 bits per heavy atom. The summed E-state index contributed by atoms with van der Waals surface area (Å²) in [6.45, 7) is 2.36. The van der Waals surface area contributed by atoms with Gasteiger partial charge in [0.15, 0.2) is 0 Å². The molecule has 2 atom stereocenters. The predicted molar refractivity (Wildman–Crippen MR) is 100 cm³/mol. The standard InChI is InChI=1S/C20H26N4O2/c1-26-20-17(21-14-6-2-3-7-15(14)23-20)10-11-19(25)22-16-8-4-12-24-13-5-9-18(16)24/h2-3,6-7,16,18H,4-5,8-13H2,1H3,(H,22,25)/t16-,18-/m0/s1. The number of nitrogens with one attached hydrogen (secondary N) is 1. The van der Waals surface area contributed by atoms with Crippen LogP contribution in [0.15, 0.2) is 24.3 Å². The molecule has 2 fully saturated rings. The van der Waals surface area contributed by atoms with E-state index in [1.165, 1.54) is 32.4 Å². The van der Waals surface area contributed by atoms with Crippen LogP contribution >= 0.6 is 0 Å². The van der Waals surface area contributed by atoms with Gasteiger partial charge in [-0.15, -0.1) is 0 Å². The number of piperidine rings is 1. The normalized spacial score (nSPS) is 23.0. The highest BCUT2D eigenvalue weighted by molar-refractivity contribution is 5.77. The molecule has 26 heavy (non-hydrogen) atoms. The number of amides is 1. The Hall–Kier alpha value is -2.21. The smallest absolute Gasteiger partial charge is 0.235 e. The van der Waals surface area contributed by atoms with Gasteiger partial charge in [-0.05, 0) is 50.9 Å². The van der Waals surface area contributed by atoms with Gasteiger partial charge in [0.1, 0.15) is 5.69 Å². The van der Waals surface area contributed by atoms with E-state index in [0.717, 1.165) is 23.1 Å². The molecule has 1 aromatic heterocycles. The summed E-state index contributed by atoms with van der Waals surface area (Å²) in [4.78, 5) is 24.2. The van der Waals surface area contributed by atoms with Crippen molar-refractivity contribution in [2.75, 3.05) is 20.2 Å². The molecule has 2 aliphatic heterocycles. The van der Waals surface area contributed by atoms with Gasteiger partial charge < -0.3 is 10.1 Å². The van der Waals surface area contributed by atoms with Gasteiger partial charge in [0, 0.05) is 24.9 Å². The lowest BCUT2D eigenvalue weighted by Gasteiger charge is -2.37. The molecule has 0 spiro atoms. The van der Waals surface area contributed by atoms with Crippen LogP contribution in [0.1, 0.15) is 37.8 Å². The molecule has 6 heteroatoms. The molecule has 2 aliphatic rings. The van der Waals surface area contributed by atoms with Crippen LogP contribution in [0.3, 0.4) is 0 Å². The van der Waals surface area contributed by atoms with Crippen LogP contribution in [0.4, 0.5) is 0 Å². The number of aryl methyl sites for hydroxylation is 1. The number of hydrogen-bond donors (Lipinski definition) is 1. The van der Waals surface area contributed by atoms with E-state index in [1.807, 2.05) is 24.3 Å². The first kappa shape index (κ1) is 17.2. The van der Waals surface area contributed by atoms with E-state index >= 15 is 0 Å². The molecular weight excluding hydrogens is 328 g/mol. The SMILES string of the molecule is COc1nc2ccccc2nc1CCC(=O)N[C@H]1CCCN2CCC[C@@H]12. The fourth-order valence-electron chi connectivity index (χ4n) is 4.32. The molecule has 1 aromatic carbocycles. The van der Waals surface area contributed by atoms with Crippen LogP contribution in [-0.2, 0) is 11.2 Å². The first-order valence-corrected chi connectivity index (χ1v) is 9.57. The lowest BCUT2D eigenvalue weighted by molar-refractivity contribution is -0.122.